The SMILES string of the molecule is CCCCCC(C)(O)/C=C/C(C)=O. The minimum absolute atomic E-state index is 0.0178. The van der Waals surface area contributed by atoms with Crippen LogP contribution in [0.2, 0.25) is 0 Å². The van der Waals surface area contributed by atoms with Crippen LogP contribution in [0.5, 0.6) is 0 Å². The Morgan fingerprint density at radius 2 is 2.08 bits per heavy atom. The van der Waals surface area contributed by atoms with Gasteiger partial charge in [-0.05, 0) is 32.4 Å². The van der Waals surface area contributed by atoms with Gasteiger partial charge in [-0.25, -0.2) is 0 Å². The molecule has 0 heterocycles. The highest BCUT2D eigenvalue weighted by atomic mass is 16.3. The number of carbonyl (C=O) groups excluding carboxylic acids is 1. The van der Waals surface area contributed by atoms with E-state index in [0.717, 1.165) is 25.7 Å². The van der Waals surface area contributed by atoms with Crippen molar-refractivity contribution in [3.8, 4) is 0 Å². The van der Waals surface area contributed by atoms with Crippen molar-refractivity contribution in [2.45, 2.75) is 52.1 Å². The standard InChI is InChI=1S/C11H20O2/c1-4-5-6-8-11(3,13)9-7-10(2)12/h7,9,13H,4-6,8H2,1-3H3/b9-7+. The van der Waals surface area contributed by atoms with Gasteiger partial charge in [0.2, 0.25) is 0 Å². The number of carbonyl (C=O) groups is 1. The van der Waals surface area contributed by atoms with Crippen LogP contribution in [-0.2, 0) is 4.79 Å². The highest BCUT2D eigenvalue weighted by Gasteiger charge is 2.14. The van der Waals surface area contributed by atoms with Crippen molar-refractivity contribution in [3.63, 3.8) is 0 Å². The first-order chi connectivity index (χ1) is 5.98. The quantitative estimate of drug-likeness (QED) is 0.508. The molecule has 0 aromatic carbocycles. The molecule has 1 atom stereocenters. The van der Waals surface area contributed by atoms with Crippen molar-refractivity contribution >= 4 is 5.78 Å². The lowest BCUT2D eigenvalue weighted by Gasteiger charge is -2.18. The third-order valence-electron chi connectivity index (χ3n) is 1.96. The first-order valence-electron chi connectivity index (χ1n) is 4.90. The molecule has 76 valence electrons. The summed E-state index contributed by atoms with van der Waals surface area (Å²) in [5, 5.41) is 9.75. The van der Waals surface area contributed by atoms with Crippen LogP contribution < -0.4 is 0 Å². The Kier molecular flexibility index (Phi) is 5.63. The van der Waals surface area contributed by atoms with Crippen molar-refractivity contribution < 1.29 is 9.90 Å². The van der Waals surface area contributed by atoms with E-state index in [1.807, 2.05) is 0 Å². The highest BCUT2D eigenvalue weighted by Crippen LogP contribution is 2.15. The van der Waals surface area contributed by atoms with Gasteiger partial charge in [0.15, 0.2) is 5.78 Å². The molecular formula is C11H20O2. The van der Waals surface area contributed by atoms with Crippen LogP contribution in [0.15, 0.2) is 12.2 Å². The van der Waals surface area contributed by atoms with Crippen molar-refractivity contribution in [3.05, 3.63) is 12.2 Å². The van der Waals surface area contributed by atoms with E-state index in [9.17, 15) is 9.90 Å². The predicted octanol–water partition coefficient (Wildman–Crippen LogP) is 2.46. The van der Waals surface area contributed by atoms with Gasteiger partial charge in [0.1, 0.15) is 0 Å². The molecule has 0 radical (unpaired) electrons. The summed E-state index contributed by atoms with van der Waals surface area (Å²) >= 11 is 0. The molecule has 0 rings (SSSR count). The molecule has 0 amide bonds. The third kappa shape index (κ3) is 7.72. The van der Waals surface area contributed by atoms with Crippen LogP contribution >= 0.6 is 0 Å². The molecular weight excluding hydrogens is 164 g/mol. The van der Waals surface area contributed by atoms with Crippen molar-refractivity contribution in [1.82, 2.24) is 0 Å². The van der Waals surface area contributed by atoms with Gasteiger partial charge in [0, 0.05) is 0 Å². The molecule has 13 heavy (non-hydrogen) atoms. The molecule has 0 saturated heterocycles. The topological polar surface area (TPSA) is 37.3 Å². The first kappa shape index (κ1) is 12.4. The smallest absolute Gasteiger partial charge is 0.152 e. The normalized spacial score (nSPS) is 16.0. The van der Waals surface area contributed by atoms with Gasteiger partial charge in [-0.2, -0.15) is 0 Å². The zero-order valence-corrected chi connectivity index (χ0v) is 8.84. The van der Waals surface area contributed by atoms with Crippen molar-refractivity contribution in [2.75, 3.05) is 0 Å². The van der Waals surface area contributed by atoms with E-state index in [1.54, 1.807) is 13.0 Å². The number of hydrogen-bond acceptors (Lipinski definition) is 2. The molecule has 0 aliphatic carbocycles. The fourth-order valence-corrected chi connectivity index (χ4v) is 1.11. The number of ketones is 1. The van der Waals surface area contributed by atoms with E-state index < -0.39 is 5.60 Å². The van der Waals surface area contributed by atoms with E-state index in [0.29, 0.717) is 0 Å². The Hall–Kier alpha value is -0.630. The van der Waals surface area contributed by atoms with Gasteiger partial charge in [0.05, 0.1) is 5.60 Å². The Bertz CT molecular complexity index is 181. The number of rotatable bonds is 6. The van der Waals surface area contributed by atoms with E-state index in [2.05, 4.69) is 6.92 Å². The molecule has 0 spiro atoms. The first-order valence-corrected chi connectivity index (χ1v) is 4.90. The van der Waals surface area contributed by atoms with Crippen LogP contribution in [-0.4, -0.2) is 16.5 Å². The second kappa shape index (κ2) is 5.92. The maximum Gasteiger partial charge on any atom is 0.152 e. The lowest BCUT2D eigenvalue weighted by atomic mass is 9.97. The third-order valence-corrected chi connectivity index (χ3v) is 1.96. The lowest BCUT2D eigenvalue weighted by Crippen LogP contribution is -2.20. The second-order valence-electron chi connectivity index (χ2n) is 3.76. The van der Waals surface area contributed by atoms with Gasteiger partial charge >= 0.3 is 0 Å². The summed E-state index contributed by atoms with van der Waals surface area (Å²) in [7, 11) is 0. The maximum absolute atomic E-state index is 10.6. The van der Waals surface area contributed by atoms with Gasteiger partial charge in [-0.15, -0.1) is 0 Å². The zero-order valence-electron chi connectivity index (χ0n) is 8.84. The fourth-order valence-electron chi connectivity index (χ4n) is 1.11. The van der Waals surface area contributed by atoms with E-state index in [4.69, 9.17) is 0 Å². The predicted molar refractivity (Wildman–Crippen MR) is 54.6 cm³/mol. The maximum atomic E-state index is 10.6. The Balaban J connectivity index is 3.85. The van der Waals surface area contributed by atoms with Gasteiger partial charge in [-0.3, -0.25) is 4.79 Å². The average Bonchev–Trinajstić information content (AvgIpc) is 2.02. The van der Waals surface area contributed by atoms with Crippen LogP contribution in [0.3, 0.4) is 0 Å². The molecule has 0 bridgehead atoms. The zero-order chi connectivity index (χ0) is 10.3. The second-order valence-corrected chi connectivity index (χ2v) is 3.76. The minimum atomic E-state index is -0.819. The largest absolute Gasteiger partial charge is 0.386 e. The molecule has 2 nitrogen and oxygen atoms in total. The van der Waals surface area contributed by atoms with Crippen LogP contribution in [0.4, 0.5) is 0 Å². The molecule has 0 aliphatic heterocycles. The molecule has 1 unspecified atom stereocenters. The summed E-state index contributed by atoms with van der Waals surface area (Å²) in [5.41, 5.74) is -0.819. The van der Waals surface area contributed by atoms with Gasteiger partial charge in [0.25, 0.3) is 0 Å². The minimum Gasteiger partial charge on any atom is -0.386 e. The Morgan fingerprint density at radius 3 is 2.54 bits per heavy atom. The average molecular weight is 184 g/mol. The van der Waals surface area contributed by atoms with Crippen molar-refractivity contribution in [2.24, 2.45) is 0 Å². The van der Waals surface area contributed by atoms with Gasteiger partial charge < -0.3 is 5.11 Å². The number of allylic oxidation sites excluding steroid dienone is 1. The van der Waals surface area contributed by atoms with Crippen LogP contribution in [0.1, 0.15) is 46.5 Å². The Labute approximate surface area is 80.7 Å². The molecule has 0 aliphatic rings. The summed E-state index contributed by atoms with van der Waals surface area (Å²) in [6.07, 6.45) is 7.03. The van der Waals surface area contributed by atoms with Gasteiger partial charge in [-0.1, -0.05) is 26.2 Å². The number of aliphatic hydroxyl groups is 1. The lowest BCUT2D eigenvalue weighted by molar-refractivity contribution is -0.112. The highest BCUT2D eigenvalue weighted by molar-refractivity contribution is 5.87. The molecule has 0 aromatic heterocycles. The van der Waals surface area contributed by atoms with Crippen LogP contribution in [0.25, 0.3) is 0 Å². The summed E-state index contributed by atoms with van der Waals surface area (Å²) < 4.78 is 0. The number of unbranched alkanes of at least 4 members (excludes halogenated alkanes) is 2. The van der Waals surface area contributed by atoms with E-state index in [1.165, 1.54) is 13.0 Å². The summed E-state index contributed by atoms with van der Waals surface area (Å²) in [4.78, 5) is 10.6. The van der Waals surface area contributed by atoms with Crippen molar-refractivity contribution in [1.29, 1.82) is 0 Å². The molecule has 0 saturated carbocycles. The Morgan fingerprint density at radius 1 is 1.46 bits per heavy atom. The van der Waals surface area contributed by atoms with Crippen LogP contribution in [0, 0.1) is 0 Å². The van der Waals surface area contributed by atoms with E-state index >= 15 is 0 Å². The molecule has 0 aromatic rings. The fraction of sp³-hybridized carbons (Fsp3) is 0.727. The monoisotopic (exact) mass is 184 g/mol. The molecule has 0 fully saturated rings. The summed E-state index contributed by atoms with van der Waals surface area (Å²) in [6, 6.07) is 0. The number of hydrogen-bond donors (Lipinski definition) is 1. The summed E-state index contributed by atoms with van der Waals surface area (Å²) in [5.74, 6) is -0.0178. The summed E-state index contributed by atoms with van der Waals surface area (Å²) in [6.45, 7) is 5.35. The molecule has 1 N–H and O–H groups in total. The molecule has 2 heteroatoms. The van der Waals surface area contributed by atoms with E-state index in [-0.39, 0.29) is 5.78 Å².